The summed E-state index contributed by atoms with van der Waals surface area (Å²) >= 11 is 23.9. The molecule has 0 saturated heterocycles. The van der Waals surface area contributed by atoms with Crippen molar-refractivity contribution in [2.24, 2.45) is 0 Å². The first-order valence-corrected chi connectivity index (χ1v) is 7.87. The number of imidazole rings is 1. The Morgan fingerprint density at radius 1 is 1.10 bits per heavy atom. The number of aromatic amines is 1. The minimum atomic E-state index is -0.0329. The molecule has 3 aromatic rings. The fraction of sp³-hybridized carbons (Fsp3) is 0.133. The summed E-state index contributed by atoms with van der Waals surface area (Å²) in [6.07, 6.45) is 0. The third-order valence-electron chi connectivity index (χ3n) is 3.50. The van der Waals surface area contributed by atoms with Gasteiger partial charge in [0.15, 0.2) is 4.77 Å². The summed E-state index contributed by atoms with van der Waals surface area (Å²) in [5.74, 6) is 0. The van der Waals surface area contributed by atoms with Crippen molar-refractivity contribution < 1.29 is 0 Å². The number of H-pyrrole nitrogens is 1. The standard InChI is InChI=1S/C15H11Cl3N2S/c1-8(10-6-5-9(16)7-12(10)18)20-13-4-2-3-11(17)14(13)19-15(20)21/h2-8H,1H3,(H,19,21). The molecule has 3 rings (SSSR count). The molecule has 0 spiro atoms. The molecule has 0 radical (unpaired) electrons. The third kappa shape index (κ3) is 2.59. The van der Waals surface area contributed by atoms with Gasteiger partial charge in [-0.3, -0.25) is 0 Å². The first-order chi connectivity index (χ1) is 9.99. The van der Waals surface area contributed by atoms with E-state index < -0.39 is 0 Å². The summed E-state index contributed by atoms with van der Waals surface area (Å²) in [6, 6.07) is 11.2. The van der Waals surface area contributed by atoms with E-state index in [1.807, 2.05) is 41.8 Å². The molecule has 0 saturated carbocycles. The van der Waals surface area contributed by atoms with Crippen molar-refractivity contribution >= 4 is 58.1 Å². The molecule has 0 fully saturated rings. The van der Waals surface area contributed by atoms with Crippen LogP contribution in [0.5, 0.6) is 0 Å². The predicted octanol–water partition coefficient (Wildman–Crippen LogP) is 6.27. The molecule has 0 bridgehead atoms. The highest BCUT2D eigenvalue weighted by Crippen LogP contribution is 2.32. The number of halogens is 3. The summed E-state index contributed by atoms with van der Waals surface area (Å²) in [5, 5.41) is 1.88. The van der Waals surface area contributed by atoms with Crippen LogP contribution in [0.1, 0.15) is 18.5 Å². The number of aromatic nitrogens is 2. The van der Waals surface area contributed by atoms with Gasteiger partial charge in [0, 0.05) is 10.0 Å². The maximum absolute atomic E-state index is 6.31. The van der Waals surface area contributed by atoms with Crippen molar-refractivity contribution in [3.63, 3.8) is 0 Å². The van der Waals surface area contributed by atoms with Gasteiger partial charge in [-0.2, -0.15) is 0 Å². The van der Waals surface area contributed by atoms with E-state index in [2.05, 4.69) is 4.98 Å². The van der Waals surface area contributed by atoms with Gasteiger partial charge < -0.3 is 9.55 Å². The van der Waals surface area contributed by atoms with Crippen LogP contribution < -0.4 is 0 Å². The van der Waals surface area contributed by atoms with Crippen LogP contribution in [0.25, 0.3) is 11.0 Å². The molecule has 0 aliphatic heterocycles. The molecule has 108 valence electrons. The van der Waals surface area contributed by atoms with Crippen molar-refractivity contribution in [3.05, 3.63) is 61.8 Å². The lowest BCUT2D eigenvalue weighted by molar-refractivity contribution is 0.649. The molecule has 1 heterocycles. The molecule has 2 nitrogen and oxygen atoms in total. The van der Waals surface area contributed by atoms with Gasteiger partial charge in [-0.25, -0.2) is 0 Å². The molecule has 1 aromatic heterocycles. The van der Waals surface area contributed by atoms with Gasteiger partial charge in [0.05, 0.1) is 22.1 Å². The van der Waals surface area contributed by atoms with E-state index in [-0.39, 0.29) is 6.04 Å². The first kappa shape index (κ1) is 14.9. The van der Waals surface area contributed by atoms with Gasteiger partial charge in [-0.1, -0.05) is 46.9 Å². The molecule has 21 heavy (non-hydrogen) atoms. The average molecular weight is 358 g/mol. The lowest BCUT2D eigenvalue weighted by Gasteiger charge is -2.17. The first-order valence-electron chi connectivity index (χ1n) is 6.32. The van der Waals surface area contributed by atoms with E-state index in [1.165, 1.54) is 0 Å². The number of nitrogens with zero attached hydrogens (tertiary/aromatic N) is 1. The minimum Gasteiger partial charge on any atom is -0.329 e. The van der Waals surface area contributed by atoms with Crippen LogP contribution in [0.2, 0.25) is 15.1 Å². The minimum absolute atomic E-state index is 0.0329. The van der Waals surface area contributed by atoms with E-state index in [0.29, 0.717) is 19.8 Å². The molecule has 1 N–H and O–H groups in total. The second kappa shape index (κ2) is 5.65. The largest absolute Gasteiger partial charge is 0.329 e. The Balaban J connectivity index is 2.22. The number of nitrogens with one attached hydrogen (secondary N) is 1. The number of hydrogen-bond acceptors (Lipinski definition) is 1. The number of fused-ring (bicyclic) bond motifs is 1. The van der Waals surface area contributed by atoms with Crippen LogP contribution in [0.3, 0.4) is 0 Å². The Bertz CT molecular complexity index is 882. The number of benzene rings is 2. The second-order valence-corrected chi connectivity index (χ2v) is 6.41. The Morgan fingerprint density at radius 2 is 1.86 bits per heavy atom. The monoisotopic (exact) mass is 356 g/mol. The Morgan fingerprint density at radius 3 is 2.57 bits per heavy atom. The summed E-state index contributed by atoms with van der Waals surface area (Å²) in [4.78, 5) is 3.15. The van der Waals surface area contributed by atoms with Gasteiger partial charge in [0.25, 0.3) is 0 Å². The highest BCUT2D eigenvalue weighted by molar-refractivity contribution is 7.71. The maximum atomic E-state index is 6.31. The van der Waals surface area contributed by atoms with Crippen molar-refractivity contribution in [2.75, 3.05) is 0 Å². The van der Waals surface area contributed by atoms with Gasteiger partial charge in [0.2, 0.25) is 0 Å². The quantitative estimate of drug-likeness (QED) is 0.536. The van der Waals surface area contributed by atoms with Gasteiger partial charge in [-0.15, -0.1) is 0 Å². The summed E-state index contributed by atoms with van der Waals surface area (Å²) < 4.78 is 2.61. The van der Waals surface area contributed by atoms with Crippen LogP contribution >= 0.6 is 47.0 Å². The zero-order valence-corrected chi connectivity index (χ0v) is 14.1. The van der Waals surface area contributed by atoms with Crippen molar-refractivity contribution in [1.29, 1.82) is 0 Å². The van der Waals surface area contributed by atoms with Crippen LogP contribution in [0.15, 0.2) is 36.4 Å². The molecule has 0 aliphatic carbocycles. The number of rotatable bonds is 2. The van der Waals surface area contributed by atoms with Crippen molar-refractivity contribution in [1.82, 2.24) is 9.55 Å². The lowest BCUT2D eigenvalue weighted by atomic mass is 10.1. The summed E-state index contributed by atoms with van der Waals surface area (Å²) in [5.41, 5.74) is 2.74. The van der Waals surface area contributed by atoms with Gasteiger partial charge >= 0.3 is 0 Å². The van der Waals surface area contributed by atoms with E-state index >= 15 is 0 Å². The highest BCUT2D eigenvalue weighted by atomic mass is 35.5. The smallest absolute Gasteiger partial charge is 0.178 e. The predicted molar refractivity (Wildman–Crippen MR) is 92.4 cm³/mol. The highest BCUT2D eigenvalue weighted by Gasteiger charge is 2.16. The SMILES string of the molecule is CC(c1ccc(Cl)cc1Cl)n1c(=S)[nH]c2c(Cl)cccc21. The maximum Gasteiger partial charge on any atom is 0.178 e. The molecule has 1 unspecified atom stereocenters. The van der Waals surface area contributed by atoms with Crippen LogP contribution in [-0.4, -0.2) is 9.55 Å². The summed E-state index contributed by atoms with van der Waals surface area (Å²) in [6.45, 7) is 2.04. The Hall–Kier alpha value is -1.00. The molecular formula is C15H11Cl3N2S. The molecule has 1 atom stereocenters. The van der Waals surface area contributed by atoms with Crippen molar-refractivity contribution in [3.8, 4) is 0 Å². The fourth-order valence-electron chi connectivity index (χ4n) is 2.48. The Labute approximate surface area is 142 Å². The molecule has 6 heteroatoms. The van der Waals surface area contributed by atoms with Crippen molar-refractivity contribution in [2.45, 2.75) is 13.0 Å². The molecule has 0 amide bonds. The third-order valence-corrected chi connectivity index (χ3v) is 4.68. The molecular weight excluding hydrogens is 347 g/mol. The molecule has 2 aromatic carbocycles. The lowest BCUT2D eigenvalue weighted by Crippen LogP contribution is -2.07. The summed E-state index contributed by atoms with van der Waals surface area (Å²) in [7, 11) is 0. The average Bonchev–Trinajstić information content (AvgIpc) is 2.76. The second-order valence-electron chi connectivity index (χ2n) is 4.78. The van der Waals surface area contributed by atoms with E-state index in [4.69, 9.17) is 47.0 Å². The van der Waals surface area contributed by atoms with E-state index in [1.54, 1.807) is 6.07 Å². The number of hydrogen-bond donors (Lipinski definition) is 1. The van der Waals surface area contributed by atoms with Crippen LogP contribution in [0, 0.1) is 4.77 Å². The zero-order chi connectivity index (χ0) is 15.1. The normalized spacial score (nSPS) is 12.8. The van der Waals surface area contributed by atoms with Crippen LogP contribution in [0.4, 0.5) is 0 Å². The van der Waals surface area contributed by atoms with Crippen LogP contribution in [-0.2, 0) is 0 Å². The fourth-order valence-corrected chi connectivity index (χ4v) is 3.62. The van der Waals surface area contributed by atoms with E-state index in [9.17, 15) is 0 Å². The zero-order valence-electron chi connectivity index (χ0n) is 11.0. The Kier molecular flexibility index (Phi) is 4.02. The van der Waals surface area contributed by atoms with Gasteiger partial charge in [0.1, 0.15) is 0 Å². The van der Waals surface area contributed by atoms with Gasteiger partial charge in [-0.05, 0) is 49.0 Å². The number of para-hydroxylation sites is 1. The topological polar surface area (TPSA) is 20.7 Å². The molecule has 0 aliphatic rings. The van der Waals surface area contributed by atoms with E-state index in [0.717, 1.165) is 16.6 Å².